The third-order valence-electron chi connectivity index (χ3n) is 8.79. The molecule has 0 aliphatic carbocycles. The topological polar surface area (TPSA) is 111 Å². The number of aromatic hydroxyl groups is 2. The lowest BCUT2D eigenvalue weighted by Crippen LogP contribution is -1.85. The number of hydrogen-bond acceptors (Lipinski definition) is 5. The number of imidazole rings is 2. The van der Waals surface area contributed by atoms with Crippen LogP contribution in [-0.2, 0) is 0 Å². The first-order valence-corrected chi connectivity index (χ1v) is 15.9. The molecule has 0 atom stereocenters. The monoisotopic (exact) mass is 636 g/mol. The molecule has 6 aromatic carbocycles. The summed E-state index contributed by atoms with van der Waals surface area (Å²) in [4.78, 5) is 17.1. The van der Waals surface area contributed by atoms with E-state index >= 15 is 0 Å². The van der Waals surface area contributed by atoms with Crippen LogP contribution in [0.25, 0.3) is 89.7 Å². The number of phenolic OH excluding ortho intramolecular Hbond substituents is 2. The van der Waals surface area contributed by atoms with Gasteiger partial charge in [0.25, 0.3) is 0 Å². The Balaban J connectivity index is 1.21. The molecule has 234 valence electrons. The van der Waals surface area contributed by atoms with Crippen molar-refractivity contribution in [2.75, 3.05) is 0 Å². The minimum atomic E-state index is 0.181. The zero-order valence-corrected chi connectivity index (χ0v) is 26.1. The van der Waals surface area contributed by atoms with Gasteiger partial charge in [0.15, 0.2) is 0 Å². The zero-order valence-electron chi connectivity index (χ0n) is 26.1. The Hall–Kier alpha value is -6.86. The molecule has 0 bridgehead atoms. The number of nitrogens with one attached hydrogen (secondary N) is 2. The first-order valence-electron chi connectivity index (χ1n) is 15.9. The van der Waals surface area contributed by atoms with Crippen LogP contribution < -0.4 is 0 Å². The standard InChI is InChI=1S/C42H28N4O3/c47-31-15-7-13-29(21-31)41-43-37(25-9-3-1-4-10-25)39(45-41)27-17-19-35-33(23-27)34-24-28(18-20-36(34)49-35)40-38(26-11-5-2-6-12-26)44-42(46-40)30-14-8-16-32(48)22-30/h1-24,47-48H,(H,43,45)(H,44,46). The van der Waals surface area contributed by atoms with E-state index in [1.165, 1.54) is 0 Å². The Kier molecular flexibility index (Phi) is 6.62. The van der Waals surface area contributed by atoms with Crippen molar-refractivity contribution in [2.24, 2.45) is 0 Å². The van der Waals surface area contributed by atoms with Gasteiger partial charge in [0.2, 0.25) is 0 Å². The molecule has 3 aromatic heterocycles. The first kappa shape index (κ1) is 28.4. The van der Waals surface area contributed by atoms with E-state index in [2.05, 4.69) is 22.1 Å². The van der Waals surface area contributed by atoms with Crippen LogP contribution in [0.2, 0.25) is 0 Å². The quantitative estimate of drug-likeness (QED) is 0.145. The van der Waals surface area contributed by atoms with Crippen LogP contribution >= 0.6 is 0 Å². The summed E-state index contributed by atoms with van der Waals surface area (Å²) in [6, 6.07) is 46.7. The van der Waals surface area contributed by atoms with Gasteiger partial charge in [-0.05, 0) is 60.7 Å². The maximum Gasteiger partial charge on any atom is 0.138 e. The Morgan fingerprint density at radius 3 is 1.27 bits per heavy atom. The molecule has 0 aliphatic heterocycles. The van der Waals surface area contributed by atoms with Crippen molar-refractivity contribution in [1.82, 2.24) is 19.9 Å². The minimum absolute atomic E-state index is 0.181. The van der Waals surface area contributed by atoms with Crippen molar-refractivity contribution in [3.8, 4) is 79.3 Å². The van der Waals surface area contributed by atoms with E-state index in [1.807, 2.05) is 109 Å². The van der Waals surface area contributed by atoms with E-state index in [9.17, 15) is 10.2 Å². The number of nitrogens with zero attached hydrogens (tertiary/aromatic N) is 2. The van der Waals surface area contributed by atoms with Crippen LogP contribution in [-0.4, -0.2) is 30.1 Å². The van der Waals surface area contributed by atoms with E-state index in [0.29, 0.717) is 11.6 Å². The molecule has 7 heteroatoms. The van der Waals surface area contributed by atoms with Gasteiger partial charge in [-0.1, -0.05) is 84.9 Å². The highest BCUT2D eigenvalue weighted by Crippen LogP contribution is 2.40. The van der Waals surface area contributed by atoms with Crippen molar-refractivity contribution in [1.29, 1.82) is 0 Å². The molecule has 0 saturated carbocycles. The summed E-state index contributed by atoms with van der Waals surface area (Å²) < 4.78 is 6.33. The maximum atomic E-state index is 10.2. The third kappa shape index (κ3) is 5.10. The second kappa shape index (κ2) is 11.4. The van der Waals surface area contributed by atoms with Crippen molar-refractivity contribution >= 4 is 21.9 Å². The van der Waals surface area contributed by atoms with Gasteiger partial charge in [0, 0.05) is 44.2 Å². The Bertz CT molecular complexity index is 2450. The smallest absolute Gasteiger partial charge is 0.138 e. The molecule has 0 fully saturated rings. The predicted molar refractivity (Wildman–Crippen MR) is 194 cm³/mol. The van der Waals surface area contributed by atoms with E-state index in [-0.39, 0.29) is 11.5 Å². The van der Waals surface area contributed by atoms with Crippen LogP contribution in [0.1, 0.15) is 0 Å². The summed E-state index contributed by atoms with van der Waals surface area (Å²) in [5.74, 6) is 1.69. The molecule has 9 rings (SSSR count). The molecule has 9 aromatic rings. The van der Waals surface area contributed by atoms with Crippen LogP contribution in [0.15, 0.2) is 150 Å². The van der Waals surface area contributed by atoms with Crippen LogP contribution in [0, 0.1) is 0 Å². The fourth-order valence-electron chi connectivity index (χ4n) is 6.44. The SMILES string of the molecule is Oc1cccc(-c2nc(-c3ccccc3)c(-c3ccc4oc5ccc(-c6[nH]c(-c7cccc(O)c7)nc6-c6ccccc6)cc5c4c3)[nH]2)c1. The molecule has 4 N–H and O–H groups in total. The molecule has 7 nitrogen and oxygen atoms in total. The highest BCUT2D eigenvalue weighted by Gasteiger charge is 2.20. The number of phenols is 2. The molecule has 0 unspecified atom stereocenters. The number of H-pyrrole nitrogens is 2. The van der Waals surface area contributed by atoms with Gasteiger partial charge in [0.05, 0.1) is 22.8 Å². The number of furan rings is 1. The van der Waals surface area contributed by atoms with Gasteiger partial charge in [-0.2, -0.15) is 0 Å². The highest BCUT2D eigenvalue weighted by atomic mass is 16.3. The molecule has 0 radical (unpaired) electrons. The average molecular weight is 637 g/mol. The normalized spacial score (nSPS) is 11.4. The predicted octanol–water partition coefficient (Wildman–Crippen LogP) is 10.4. The van der Waals surface area contributed by atoms with Crippen molar-refractivity contribution in [3.05, 3.63) is 146 Å². The van der Waals surface area contributed by atoms with Crippen LogP contribution in [0.3, 0.4) is 0 Å². The molecule has 49 heavy (non-hydrogen) atoms. The van der Waals surface area contributed by atoms with Crippen molar-refractivity contribution in [3.63, 3.8) is 0 Å². The van der Waals surface area contributed by atoms with Gasteiger partial charge < -0.3 is 24.6 Å². The second-order valence-corrected chi connectivity index (χ2v) is 12.0. The van der Waals surface area contributed by atoms with Crippen molar-refractivity contribution in [2.45, 2.75) is 0 Å². The number of fused-ring (bicyclic) bond motifs is 3. The van der Waals surface area contributed by atoms with Gasteiger partial charge in [-0.3, -0.25) is 0 Å². The molecule has 0 spiro atoms. The highest BCUT2D eigenvalue weighted by molar-refractivity contribution is 6.08. The Morgan fingerprint density at radius 1 is 0.408 bits per heavy atom. The van der Waals surface area contributed by atoms with E-state index in [4.69, 9.17) is 14.4 Å². The fourth-order valence-corrected chi connectivity index (χ4v) is 6.44. The average Bonchev–Trinajstić information content (AvgIpc) is 3.88. The molecule has 3 heterocycles. The maximum absolute atomic E-state index is 10.2. The van der Waals surface area contributed by atoms with Gasteiger partial charge in [-0.25, -0.2) is 9.97 Å². The largest absolute Gasteiger partial charge is 0.508 e. The zero-order chi connectivity index (χ0) is 32.9. The molecular weight excluding hydrogens is 608 g/mol. The molecule has 0 saturated heterocycles. The second-order valence-electron chi connectivity index (χ2n) is 12.0. The lowest BCUT2D eigenvalue weighted by Gasteiger charge is -2.05. The van der Waals surface area contributed by atoms with E-state index in [0.717, 1.165) is 78.1 Å². The van der Waals surface area contributed by atoms with E-state index in [1.54, 1.807) is 24.3 Å². The summed E-state index contributed by atoms with van der Waals surface area (Å²) in [7, 11) is 0. The number of rotatable bonds is 6. The number of hydrogen-bond donors (Lipinski definition) is 4. The van der Waals surface area contributed by atoms with Gasteiger partial charge in [0.1, 0.15) is 34.3 Å². The first-order chi connectivity index (χ1) is 24.1. The molecule has 0 amide bonds. The minimum Gasteiger partial charge on any atom is -0.508 e. The summed E-state index contributed by atoms with van der Waals surface area (Å²) in [6.07, 6.45) is 0. The Morgan fingerprint density at radius 2 is 0.837 bits per heavy atom. The van der Waals surface area contributed by atoms with Gasteiger partial charge in [-0.15, -0.1) is 0 Å². The Labute approximate surface area is 280 Å². The van der Waals surface area contributed by atoms with Crippen molar-refractivity contribution < 1.29 is 14.6 Å². The van der Waals surface area contributed by atoms with Crippen LogP contribution in [0.4, 0.5) is 0 Å². The summed E-state index contributed by atoms with van der Waals surface area (Å²) in [5, 5.41) is 22.3. The number of benzene rings is 6. The molecular formula is C42H28N4O3. The van der Waals surface area contributed by atoms with E-state index < -0.39 is 0 Å². The summed E-state index contributed by atoms with van der Waals surface area (Å²) >= 11 is 0. The third-order valence-corrected chi connectivity index (χ3v) is 8.79. The summed E-state index contributed by atoms with van der Waals surface area (Å²) in [6.45, 7) is 0. The number of aromatic amines is 2. The summed E-state index contributed by atoms with van der Waals surface area (Å²) in [5.41, 5.74) is 10.4. The van der Waals surface area contributed by atoms with Crippen LogP contribution in [0.5, 0.6) is 11.5 Å². The number of aromatic nitrogens is 4. The lowest BCUT2D eigenvalue weighted by molar-refractivity contribution is 0.475. The lowest BCUT2D eigenvalue weighted by atomic mass is 10.0. The fraction of sp³-hybridized carbons (Fsp3) is 0. The van der Waals surface area contributed by atoms with Gasteiger partial charge >= 0.3 is 0 Å². The molecule has 0 aliphatic rings.